The van der Waals surface area contributed by atoms with E-state index in [1.165, 1.54) is 4.68 Å². The van der Waals surface area contributed by atoms with Crippen LogP contribution in [0.2, 0.25) is 0 Å². The van der Waals surface area contributed by atoms with Crippen molar-refractivity contribution in [3.05, 3.63) is 12.0 Å². The summed E-state index contributed by atoms with van der Waals surface area (Å²) in [5.41, 5.74) is 2.23. The lowest BCUT2D eigenvalue weighted by Gasteiger charge is -2.02. The number of nitrogens with zero attached hydrogens (tertiary/aromatic N) is 6. The third-order valence-electron chi connectivity index (χ3n) is 1.61. The summed E-state index contributed by atoms with van der Waals surface area (Å²) in [4.78, 5) is 7.45. The molecule has 2 aromatic heterocycles. The molecule has 0 aliphatic rings. The standard InChI is InChI=1S/C6H7FN8S/c1-15-6(12-13-14-15)16-4-3(7)2-9-5(10-4)11-8/h2H,8H2,1H3,(H,9,10,11). The maximum atomic E-state index is 13.3. The van der Waals surface area contributed by atoms with E-state index in [4.69, 9.17) is 5.84 Å². The summed E-state index contributed by atoms with van der Waals surface area (Å²) in [5, 5.41) is 11.2. The van der Waals surface area contributed by atoms with E-state index >= 15 is 0 Å². The number of tetrazole rings is 1. The van der Waals surface area contributed by atoms with E-state index in [-0.39, 0.29) is 11.0 Å². The predicted octanol–water partition coefficient (Wildman–Crippen LogP) is -0.424. The molecular weight excluding hydrogens is 235 g/mol. The van der Waals surface area contributed by atoms with E-state index < -0.39 is 5.82 Å². The van der Waals surface area contributed by atoms with Crippen LogP contribution in [0.5, 0.6) is 0 Å². The number of nitrogens with one attached hydrogen (secondary N) is 1. The van der Waals surface area contributed by atoms with Gasteiger partial charge in [-0.05, 0) is 22.2 Å². The number of anilines is 1. The van der Waals surface area contributed by atoms with Crippen molar-refractivity contribution >= 4 is 17.7 Å². The predicted molar refractivity (Wildman–Crippen MR) is 52.7 cm³/mol. The van der Waals surface area contributed by atoms with Crippen molar-refractivity contribution in [2.45, 2.75) is 10.2 Å². The van der Waals surface area contributed by atoms with E-state index in [0.29, 0.717) is 5.16 Å². The summed E-state index contributed by atoms with van der Waals surface area (Å²) in [7, 11) is 1.64. The highest BCUT2D eigenvalue weighted by Gasteiger charge is 2.12. The first kappa shape index (κ1) is 10.7. The lowest BCUT2D eigenvalue weighted by Crippen LogP contribution is -2.11. The van der Waals surface area contributed by atoms with Crippen LogP contribution in [-0.2, 0) is 7.05 Å². The Hall–Kier alpha value is -1.81. The number of hydrazine groups is 1. The van der Waals surface area contributed by atoms with Gasteiger partial charge < -0.3 is 0 Å². The van der Waals surface area contributed by atoms with Gasteiger partial charge in [0.25, 0.3) is 0 Å². The maximum absolute atomic E-state index is 13.3. The minimum Gasteiger partial charge on any atom is -0.292 e. The van der Waals surface area contributed by atoms with Crippen LogP contribution >= 0.6 is 11.8 Å². The van der Waals surface area contributed by atoms with Crippen molar-refractivity contribution in [1.82, 2.24) is 30.2 Å². The van der Waals surface area contributed by atoms with Crippen molar-refractivity contribution in [1.29, 1.82) is 0 Å². The maximum Gasteiger partial charge on any atom is 0.238 e. The van der Waals surface area contributed by atoms with E-state index in [1.807, 2.05) is 0 Å². The van der Waals surface area contributed by atoms with Crippen LogP contribution in [0.3, 0.4) is 0 Å². The van der Waals surface area contributed by atoms with Gasteiger partial charge in [-0.3, -0.25) is 5.43 Å². The van der Waals surface area contributed by atoms with Gasteiger partial charge in [-0.25, -0.2) is 24.9 Å². The Bertz CT molecular complexity index is 499. The third-order valence-corrected chi connectivity index (χ3v) is 2.62. The molecule has 3 N–H and O–H groups in total. The quantitative estimate of drug-likeness (QED) is 0.424. The highest BCUT2D eigenvalue weighted by Crippen LogP contribution is 2.25. The summed E-state index contributed by atoms with van der Waals surface area (Å²) >= 11 is 0.982. The number of hydrogen-bond acceptors (Lipinski definition) is 8. The number of halogens is 1. The zero-order chi connectivity index (χ0) is 11.5. The van der Waals surface area contributed by atoms with E-state index in [9.17, 15) is 4.39 Å². The highest BCUT2D eigenvalue weighted by atomic mass is 32.2. The molecule has 0 spiro atoms. The Balaban J connectivity index is 2.30. The molecule has 0 saturated carbocycles. The van der Waals surface area contributed by atoms with Crippen molar-refractivity contribution in [2.75, 3.05) is 5.43 Å². The third kappa shape index (κ3) is 2.06. The van der Waals surface area contributed by atoms with Crippen molar-refractivity contribution < 1.29 is 4.39 Å². The van der Waals surface area contributed by atoms with Gasteiger partial charge in [-0.1, -0.05) is 0 Å². The zero-order valence-electron chi connectivity index (χ0n) is 8.12. The second-order valence-electron chi connectivity index (χ2n) is 2.68. The Morgan fingerprint density at radius 2 is 2.38 bits per heavy atom. The van der Waals surface area contributed by atoms with Crippen molar-refractivity contribution in [2.24, 2.45) is 12.9 Å². The molecule has 0 radical (unpaired) electrons. The highest BCUT2D eigenvalue weighted by molar-refractivity contribution is 7.99. The van der Waals surface area contributed by atoms with Crippen LogP contribution in [0.4, 0.5) is 10.3 Å². The van der Waals surface area contributed by atoms with Crippen LogP contribution in [-0.4, -0.2) is 30.2 Å². The number of hydrogen-bond donors (Lipinski definition) is 2. The molecule has 0 amide bonds. The molecule has 8 nitrogen and oxygen atoms in total. The largest absolute Gasteiger partial charge is 0.292 e. The molecule has 0 bridgehead atoms. The van der Waals surface area contributed by atoms with E-state index in [2.05, 4.69) is 30.9 Å². The monoisotopic (exact) mass is 242 g/mol. The Morgan fingerprint density at radius 1 is 1.56 bits per heavy atom. The molecule has 2 rings (SSSR count). The van der Waals surface area contributed by atoms with Crippen molar-refractivity contribution in [3.63, 3.8) is 0 Å². The van der Waals surface area contributed by atoms with Gasteiger partial charge in [-0.2, -0.15) is 0 Å². The first-order chi connectivity index (χ1) is 7.70. The van der Waals surface area contributed by atoms with Gasteiger partial charge in [0, 0.05) is 7.05 Å². The average molecular weight is 242 g/mol. The number of aromatic nitrogens is 6. The summed E-state index contributed by atoms with van der Waals surface area (Å²) in [6.07, 6.45) is 1.02. The first-order valence-corrected chi connectivity index (χ1v) is 4.91. The van der Waals surface area contributed by atoms with Gasteiger partial charge in [-0.15, -0.1) is 5.10 Å². The molecule has 10 heteroatoms. The fourth-order valence-corrected chi connectivity index (χ4v) is 1.59. The van der Waals surface area contributed by atoms with Crippen molar-refractivity contribution in [3.8, 4) is 0 Å². The number of nitrogens with two attached hydrogens (primary N) is 1. The fraction of sp³-hybridized carbons (Fsp3) is 0.167. The zero-order valence-corrected chi connectivity index (χ0v) is 8.94. The number of rotatable bonds is 3. The summed E-state index contributed by atoms with van der Waals surface area (Å²) in [6.45, 7) is 0. The van der Waals surface area contributed by atoms with Crippen LogP contribution in [0.15, 0.2) is 16.4 Å². The minimum atomic E-state index is -0.563. The second kappa shape index (κ2) is 4.37. The van der Waals surface area contributed by atoms with Gasteiger partial charge in [0.05, 0.1) is 6.20 Å². The summed E-state index contributed by atoms with van der Waals surface area (Å²) < 4.78 is 14.7. The SMILES string of the molecule is Cn1nnnc1Sc1nc(NN)ncc1F. The van der Waals surface area contributed by atoms with Gasteiger partial charge in [0.2, 0.25) is 11.1 Å². The lowest BCUT2D eigenvalue weighted by molar-refractivity contribution is 0.578. The van der Waals surface area contributed by atoms with Crippen LogP contribution < -0.4 is 11.3 Å². The minimum absolute atomic E-state index is 0.0980. The topological polar surface area (TPSA) is 107 Å². The fourth-order valence-electron chi connectivity index (χ4n) is 0.887. The number of aryl methyl sites for hydroxylation is 1. The molecular formula is C6H7FN8S. The van der Waals surface area contributed by atoms with Crippen LogP contribution in [0, 0.1) is 5.82 Å². The molecule has 0 aromatic carbocycles. The van der Waals surface area contributed by atoms with Crippen LogP contribution in [0.1, 0.15) is 0 Å². The molecule has 2 heterocycles. The molecule has 2 aromatic rings. The Morgan fingerprint density at radius 3 is 3.00 bits per heavy atom. The first-order valence-electron chi connectivity index (χ1n) is 4.10. The van der Waals surface area contributed by atoms with Gasteiger partial charge in [0.15, 0.2) is 5.82 Å². The van der Waals surface area contributed by atoms with E-state index in [0.717, 1.165) is 18.0 Å². The molecule has 0 unspecified atom stereocenters. The molecule has 16 heavy (non-hydrogen) atoms. The molecule has 0 saturated heterocycles. The molecule has 0 atom stereocenters. The average Bonchev–Trinajstić information content (AvgIpc) is 2.68. The normalized spacial score (nSPS) is 10.4. The van der Waals surface area contributed by atoms with Gasteiger partial charge >= 0.3 is 0 Å². The van der Waals surface area contributed by atoms with E-state index in [1.54, 1.807) is 7.05 Å². The second-order valence-corrected chi connectivity index (χ2v) is 3.63. The lowest BCUT2D eigenvalue weighted by atomic mass is 10.6. The van der Waals surface area contributed by atoms with Gasteiger partial charge in [0.1, 0.15) is 5.03 Å². The molecule has 84 valence electrons. The Kier molecular flexibility index (Phi) is 2.92. The number of nitrogen functional groups attached to an aromatic ring is 1. The molecule has 0 fully saturated rings. The summed E-state index contributed by atoms with van der Waals surface area (Å²) in [5.74, 6) is 4.68. The van der Waals surface area contributed by atoms with Crippen LogP contribution in [0.25, 0.3) is 0 Å². The Labute approximate surface area is 93.4 Å². The molecule has 0 aliphatic carbocycles. The summed E-state index contributed by atoms with van der Waals surface area (Å²) in [6, 6.07) is 0. The smallest absolute Gasteiger partial charge is 0.238 e. The molecule has 0 aliphatic heterocycles.